The third kappa shape index (κ3) is 4.61. The topological polar surface area (TPSA) is 9.23 Å². The SMILES string of the molecule is c1ccc(C2(c3ccccc3)c3ccccc3Oc3ccc(-c4ccccc4-c4ccc5c(c4)C4(c6ccccc6-5)c5ccccc5-c5cc6ccccc6cc54)cc32)cc1. The molecule has 284 valence electrons. The minimum absolute atomic E-state index is 0.450. The normalized spacial score (nSPS) is 15.9. The van der Waals surface area contributed by atoms with Crippen LogP contribution in [0.2, 0.25) is 0 Å². The average Bonchev–Trinajstić information content (AvgIpc) is 3.79. The van der Waals surface area contributed by atoms with Gasteiger partial charge in [0.15, 0.2) is 0 Å². The zero-order valence-electron chi connectivity index (χ0n) is 33.3. The van der Waals surface area contributed by atoms with Crippen molar-refractivity contribution in [3.63, 3.8) is 0 Å². The van der Waals surface area contributed by atoms with E-state index in [4.69, 9.17) is 4.74 Å². The van der Waals surface area contributed by atoms with Crippen LogP contribution in [0.4, 0.5) is 0 Å². The molecule has 0 N–H and O–H groups in total. The highest BCUT2D eigenvalue weighted by molar-refractivity contribution is 6.00. The molecule has 1 aliphatic heterocycles. The smallest absolute Gasteiger partial charge is 0.132 e. The molecule has 0 aromatic heterocycles. The summed E-state index contributed by atoms with van der Waals surface area (Å²) in [6.07, 6.45) is 0. The predicted molar refractivity (Wildman–Crippen MR) is 250 cm³/mol. The minimum atomic E-state index is -0.600. The molecule has 0 radical (unpaired) electrons. The van der Waals surface area contributed by atoms with Gasteiger partial charge in [-0.3, -0.25) is 0 Å². The largest absolute Gasteiger partial charge is 0.457 e. The van der Waals surface area contributed by atoms with Gasteiger partial charge in [0.1, 0.15) is 11.5 Å². The third-order valence-electron chi connectivity index (χ3n) is 13.8. The van der Waals surface area contributed by atoms with Gasteiger partial charge in [-0.05, 0) is 125 Å². The van der Waals surface area contributed by atoms with Gasteiger partial charge in [0.25, 0.3) is 0 Å². The molecule has 1 atom stereocenters. The van der Waals surface area contributed by atoms with Gasteiger partial charge >= 0.3 is 0 Å². The second-order valence-corrected chi connectivity index (χ2v) is 16.7. The summed E-state index contributed by atoms with van der Waals surface area (Å²) < 4.78 is 6.80. The van der Waals surface area contributed by atoms with Crippen molar-refractivity contribution in [1.82, 2.24) is 0 Å². The Morgan fingerprint density at radius 1 is 0.246 bits per heavy atom. The number of rotatable bonds is 4. The van der Waals surface area contributed by atoms with Crippen molar-refractivity contribution in [3.8, 4) is 56.0 Å². The van der Waals surface area contributed by atoms with Crippen LogP contribution in [0.25, 0.3) is 55.3 Å². The summed E-state index contributed by atoms with van der Waals surface area (Å²) in [6, 6.07) is 85.2. The Labute approximate surface area is 355 Å². The number of ether oxygens (including phenoxy) is 1. The van der Waals surface area contributed by atoms with E-state index in [0.29, 0.717) is 0 Å². The molecular weight excluding hydrogens is 737 g/mol. The Morgan fingerprint density at radius 2 is 0.689 bits per heavy atom. The molecule has 61 heavy (non-hydrogen) atoms. The van der Waals surface area contributed by atoms with Crippen LogP contribution < -0.4 is 4.74 Å². The van der Waals surface area contributed by atoms with Crippen molar-refractivity contribution in [2.45, 2.75) is 10.8 Å². The summed E-state index contributed by atoms with van der Waals surface area (Å²) in [6.45, 7) is 0. The lowest BCUT2D eigenvalue weighted by Gasteiger charge is -2.41. The molecule has 1 nitrogen and oxygen atoms in total. The van der Waals surface area contributed by atoms with Crippen molar-refractivity contribution >= 4 is 10.8 Å². The molecule has 1 heterocycles. The molecule has 10 aromatic carbocycles. The van der Waals surface area contributed by atoms with Crippen LogP contribution in [0.15, 0.2) is 231 Å². The lowest BCUT2D eigenvalue weighted by molar-refractivity contribution is 0.434. The zero-order valence-corrected chi connectivity index (χ0v) is 33.3. The molecule has 0 bridgehead atoms. The van der Waals surface area contributed by atoms with Crippen molar-refractivity contribution in [2.75, 3.05) is 0 Å². The molecular formula is C60H38O. The first-order valence-corrected chi connectivity index (χ1v) is 21.2. The summed E-state index contributed by atoms with van der Waals surface area (Å²) in [5, 5.41) is 2.53. The van der Waals surface area contributed by atoms with E-state index in [1.54, 1.807) is 0 Å². The Morgan fingerprint density at radius 3 is 1.34 bits per heavy atom. The number of fused-ring (bicyclic) bond motifs is 13. The quantitative estimate of drug-likeness (QED) is 0.173. The van der Waals surface area contributed by atoms with E-state index < -0.39 is 10.8 Å². The van der Waals surface area contributed by atoms with E-state index in [9.17, 15) is 0 Å². The van der Waals surface area contributed by atoms with Crippen LogP contribution in [-0.2, 0) is 10.8 Å². The number of hydrogen-bond donors (Lipinski definition) is 0. The van der Waals surface area contributed by atoms with Crippen LogP contribution in [0, 0.1) is 0 Å². The third-order valence-corrected chi connectivity index (χ3v) is 13.8. The zero-order chi connectivity index (χ0) is 40.1. The highest BCUT2D eigenvalue weighted by Gasteiger charge is 2.52. The van der Waals surface area contributed by atoms with E-state index in [1.165, 1.54) is 83.1 Å². The fraction of sp³-hybridized carbons (Fsp3) is 0.0333. The summed E-state index contributed by atoms with van der Waals surface area (Å²) >= 11 is 0. The van der Waals surface area contributed by atoms with E-state index >= 15 is 0 Å². The summed E-state index contributed by atoms with van der Waals surface area (Å²) in [5.41, 5.74) is 19.0. The van der Waals surface area contributed by atoms with Crippen molar-refractivity contribution in [3.05, 3.63) is 275 Å². The fourth-order valence-electron chi connectivity index (χ4n) is 11.4. The molecule has 1 unspecified atom stereocenters. The van der Waals surface area contributed by atoms with Crippen molar-refractivity contribution < 1.29 is 4.74 Å². The van der Waals surface area contributed by atoms with Gasteiger partial charge in [-0.1, -0.05) is 194 Å². The van der Waals surface area contributed by atoms with Crippen molar-refractivity contribution in [1.29, 1.82) is 0 Å². The minimum Gasteiger partial charge on any atom is -0.457 e. The summed E-state index contributed by atoms with van der Waals surface area (Å²) in [7, 11) is 0. The van der Waals surface area contributed by atoms with Gasteiger partial charge in [-0.15, -0.1) is 0 Å². The Balaban J connectivity index is 1.04. The van der Waals surface area contributed by atoms with Crippen LogP contribution in [0.5, 0.6) is 11.5 Å². The number of para-hydroxylation sites is 1. The van der Waals surface area contributed by atoms with Crippen LogP contribution in [0.3, 0.4) is 0 Å². The standard InChI is InChI=1S/C60H38O/c1-3-19-43(20-4-1)59(44-21-5-2-6-22-44)53-29-15-16-30-57(53)61-58-34-32-42(38-56(58)59)46-24-10-9-23-45(46)41-31-33-49-47-25-11-13-27-51(47)60(54(49)37-41)52-28-14-12-26-48(52)50-35-39-17-7-8-18-40(39)36-55(50)60/h1-38H. The van der Waals surface area contributed by atoms with E-state index in [2.05, 4.69) is 231 Å². The predicted octanol–water partition coefficient (Wildman–Crippen LogP) is 15.0. The van der Waals surface area contributed by atoms with E-state index in [1.807, 2.05) is 0 Å². The summed E-state index contributed by atoms with van der Waals surface area (Å²) in [5.74, 6) is 1.75. The van der Waals surface area contributed by atoms with Crippen LogP contribution >= 0.6 is 0 Å². The Kier molecular flexibility index (Phi) is 7.21. The van der Waals surface area contributed by atoms with Gasteiger partial charge in [0, 0.05) is 11.1 Å². The lowest BCUT2D eigenvalue weighted by atomic mass is 9.63. The van der Waals surface area contributed by atoms with Crippen LogP contribution in [-0.4, -0.2) is 0 Å². The number of benzene rings is 10. The molecule has 10 aromatic rings. The maximum atomic E-state index is 6.80. The number of hydrogen-bond acceptors (Lipinski definition) is 1. The first-order chi connectivity index (χ1) is 30.2. The average molecular weight is 775 g/mol. The highest BCUT2D eigenvalue weighted by Crippen LogP contribution is 2.64. The second kappa shape index (κ2) is 12.9. The first kappa shape index (κ1) is 34.2. The summed E-state index contributed by atoms with van der Waals surface area (Å²) in [4.78, 5) is 0. The Bertz CT molecular complexity index is 3360. The lowest BCUT2D eigenvalue weighted by Crippen LogP contribution is -2.34. The molecule has 2 aliphatic carbocycles. The second-order valence-electron chi connectivity index (χ2n) is 16.7. The molecule has 0 saturated carbocycles. The molecule has 3 aliphatic rings. The molecule has 1 heteroatoms. The molecule has 13 rings (SSSR count). The van der Waals surface area contributed by atoms with Gasteiger partial charge < -0.3 is 4.74 Å². The van der Waals surface area contributed by atoms with Gasteiger partial charge in [-0.25, -0.2) is 0 Å². The fourth-order valence-corrected chi connectivity index (χ4v) is 11.4. The molecule has 0 amide bonds. The van der Waals surface area contributed by atoms with Gasteiger partial charge in [0.05, 0.1) is 10.8 Å². The Hall–Kier alpha value is -7.74. The van der Waals surface area contributed by atoms with E-state index in [-0.39, 0.29) is 0 Å². The molecule has 0 saturated heterocycles. The van der Waals surface area contributed by atoms with Gasteiger partial charge in [0.2, 0.25) is 0 Å². The maximum Gasteiger partial charge on any atom is 0.132 e. The molecule has 0 fully saturated rings. The van der Waals surface area contributed by atoms with E-state index in [0.717, 1.165) is 28.2 Å². The molecule has 1 spiro atoms. The van der Waals surface area contributed by atoms with Crippen LogP contribution in [0.1, 0.15) is 44.5 Å². The van der Waals surface area contributed by atoms with Gasteiger partial charge in [-0.2, -0.15) is 0 Å². The van der Waals surface area contributed by atoms with Crippen molar-refractivity contribution in [2.24, 2.45) is 0 Å². The first-order valence-electron chi connectivity index (χ1n) is 21.2. The highest BCUT2D eigenvalue weighted by atomic mass is 16.5. The monoisotopic (exact) mass is 774 g/mol. The maximum absolute atomic E-state index is 6.80.